The average Bonchev–Trinajstić information content (AvgIpc) is 1.37. The van der Waals surface area contributed by atoms with Gasteiger partial charge in [-0.25, -0.2) is 4.15 Å². The zero-order chi connectivity index (χ0) is 3.41. The molecule has 0 heterocycles. The highest BCUT2D eigenvalue weighted by Crippen LogP contribution is 1.92. The molecule has 24 valence electrons. The molecule has 0 aromatic rings. The first kappa shape index (κ1) is 4.45. The normalized spacial score (nSPS) is 6.25. The van der Waals surface area contributed by atoms with E-state index in [9.17, 15) is 0 Å². The molecule has 0 bridgehead atoms. The van der Waals surface area contributed by atoms with E-state index in [1.165, 1.54) is 11.9 Å². The van der Waals surface area contributed by atoms with Gasteiger partial charge in [-0.2, -0.15) is 0 Å². The summed E-state index contributed by atoms with van der Waals surface area (Å²) in [5, 5.41) is 0. The Kier molecular flexibility index (Phi) is 3.84. The second kappa shape index (κ2) is 3.45. The summed E-state index contributed by atoms with van der Waals surface area (Å²) in [6, 6.07) is 0. The van der Waals surface area contributed by atoms with Gasteiger partial charge in [0.15, 0.2) is 0 Å². The summed E-state index contributed by atoms with van der Waals surface area (Å²) in [6.07, 6.45) is 1.88. The monoisotopic (exact) mass is 93.0 g/mol. The van der Waals surface area contributed by atoms with E-state index in [-0.39, 0.29) is 0 Å². The molecule has 0 N–H and O–H groups in total. The van der Waals surface area contributed by atoms with Gasteiger partial charge in [-0.05, 0) is 11.9 Å². The van der Waals surface area contributed by atoms with E-state index in [4.69, 9.17) is 0 Å². The molecule has 0 radical (unpaired) electrons. The minimum absolute atomic E-state index is 1.40. The van der Waals surface area contributed by atoms with Crippen molar-refractivity contribution < 1.29 is 0 Å². The molecule has 0 spiro atoms. The largest absolute Gasteiger partial charge is 0.204 e. The Morgan fingerprint density at radius 2 is 2.25 bits per heavy atom. The highest BCUT2D eigenvalue weighted by molar-refractivity contribution is 7.98. The summed E-state index contributed by atoms with van der Waals surface area (Å²) < 4.78 is 3.46. The zero-order valence-corrected chi connectivity index (χ0v) is 4.17. The lowest BCUT2D eigenvalue weighted by molar-refractivity contribution is 2.08. The standard InChI is InChI=1S/CH4NPS/c1-4-2-3/h3H,1H3. The molecule has 0 saturated heterocycles. The first-order valence-electron chi connectivity index (χ1n) is 0.814. The quantitative estimate of drug-likeness (QED) is 0.354. The molecule has 0 aliphatic heterocycles. The molecular weight excluding hydrogens is 89.1 g/mol. The molecule has 0 saturated carbocycles. The molecule has 0 aromatic heterocycles. The number of rotatable bonds is 1. The summed E-state index contributed by atoms with van der Waals surface area (Å²) in [6.45, 7) is 0. The fraction of sp³-hybridized carbons (Fsp3) is 1.00. The van der Waals surface area contributed by atoms with Crippen LogP contribution in [0, 0.1) is 0 Å². The lowest BCUT2D eigenvalue weighted by atomic mass is 12.0. The van der Waals surface area contributed by atoms with Crippen LogP contribution in [0.3, 0.4) is 0 Å². The predicted molar refractivity (Wildman–Crippen MR) is 24.3 cm³/mol. The van der Waals surface area contributed by atoms with E-state index in [0.717, 1.165) is 0 Å². The highest BCUT2D eigenvalue weighted by atomic mass is 32.2. The van der Waals surface area contributed by atoms with Crippen LogP contribution in [0.5, 0.6) is 0 Å². The topological polar surface area (TPSA) is 12.4 Å². The molecule has 0 atom stereocenters. The first-order valence-corrected chi connectivity index (χ1v) is 2.44. The third-order valence-electron chi connectivity index (χ3n) is 0.0913. The molecule has 0 aliphatic carbocycles. The third-order valence-corrected chi connectivity index (χ3v) is 0.822. The van der Waals surface area contributed by atoms with Crippen molar-refractivity contribution in [2.45, 2.75) is 0 Å². The van der Waals surface area contributed by atoms with Crippen LogP contribution < -0.4 is 0 Å². The molecule has 0 unspecified atom stereocenters. The van der Waals surface area contributed by atoms with Gasteiger partial charge < -0.3 is 0 Å². The third kappa shape index (κ3) is 2.45. The Morgan fingerprint density at radius 3 is 2.25 bits per heavy atom. The number of nitrogens with zero attached hydrogens (tertiary/aromatic N) is 1. The minimum atomic E-state index is 1.40. The molecular formula is CH4NPS. The van der Waals surface area contributed by atoms with E-state index in [1.54, 1.807) is 0 Å². The van der Waals surface area contributed by atoms with Crippen LogP contribution >= 0.6 is 21.0 Å². The Hall–Kier alpha value is 0.450. The maximum absolute atomic E-state index is 3.46. The van der Waals surface area contributed by atoms with Gasteiger partial charge in [0.05, 0.1) is 0 Å². The number of hydrogen-bond acceptors (Lipinski definition) is 2. The van der Waals surface area contributed by atoms with E-state index in [1.807, 2.05) is 6.26 Å². The lowest BCUT2D eigenvalue weighted by Crippen LogP contribution is -1.21. The van der Waals surface area contributed by atoms with Gasteiger partial charge in [-0.1, -0.05) is 0 Å². The van der Waals surface area contributed by atoms with Crippen molar-refractivity contribution in [1.82, 2.24) is 0 Å². The van der Waals surface area contributed by atoms with Crippen molar-refractivity contribution in [2.24, 2.45) is 4.15 Å². The van der Waals surface area contributed by atoms with Gasteiger partial charge >= 0.3 is 0 Å². The summed E-state index contributed by atoms with van der Waals surface area (Å²) in [5.41, 5.74) is 0. The molecule has 4 heavy (non-hydrogen) atoms. The van der Waals surface area contributed by atoms with Crippen LogP contribution in [0.1, 0.15) is 0 Å². The molecule has 0 amide bonds. The highest BCUT2D eigenvalue weighted by Gasteiger charge is 1.44. The Bertz CT molecular complexity index is 22.0. The summed E-state index contributed by atoms with van der Waals surface area (Å²) in [4.78, 5) is 0. The number of hydrogen-bond donors (Lipinski definition) is 0. The van der Waals surface area contributed by atoms with Gasteiger partial charge in [0, 0.05) is 15.3 Å². The van der Waals surface area contributed by atoms with Gasteiger partial charge in [-0.15, -0.1) is 0 Å². The van der Waals surface area contributed by atoms with Crippen LogP contribution in [-0.2, 0) is 0 Å². The Morgan fingerprint density at radius 1 is 2.00 bits per heavy atom. The molecule has 0 aromatic carbocycles. The van der Waals surface area contributed by atoms with Crippen molar-refractivity contribution in [1.29, 1.82) is 0 Å². The molecule has 1 nitrogen and oxygen atoms in total. The van der Waals surface area contributed by atoms with Crippen molar-refractivity contribution in [3.63, 3.8) is 0 Å². The van der Waals surface area contributed by atoms with Crippen LogP contribution in [0.2, 0.25) is 0 Å². The van der Waals surface area contributed by atoms with Gasteiger partial charge in [0.2, 0.25) is 0 Å². The smallest absolute Gasteiger partial charge is 0.00406 e. The molecule has 0 fully saturated rings. The van der Waals surface area contributed by atoms with Gasteiger partial charge in [0.25, 0.3) is 0 Å². The fourth-order valence-corrected chi connectivity index (χ4v) is 0. The van der Waals surface area contributed by atoms with Gasteiger partial charge in [-0.3, -0.25) is 0 Å². The van der Waals surface area contributed by atoms with Crippen LogP contribution in [0.15, 0.2) is 4.15 Å². The lowest BCUT2D eigenvalue weighted by Gasteiger charge is -1.59. The van der Waals surface area contributed by atoms with Crippen molar-refractivity contribution in [3.8, 4) is 0 Å². The molecule has 0 aliphatic rings. The maximum Gasteiger partial charge on any atom is 0.00406 e. The van der Waals surface area contributed by atoms with Crippen molar-refractivity contribution >= 4 is 21.0 Å². The van der Waals surface area contributed by atoms with Crippen molar-refractivity contribution in [3.05, 3.63) is 0 Å². The Balaban J connectivity index is 2.30. The predicted octanol–water partition coefficient (Wildman–Crippen LogP) is 1.59. The van der Waals surface area contributed by atoms with E-state index < -0.39 is 0 Å². The fourth-order valence-electron chi connectivity index (χ4n) is 0. The van der Waals surface area contributed by atoms with E-state index in [2.05, 4.69) is 13.2 Å². The zero-order valence-electron chi connectivity index (χ0n) is 2.36. The maximum atomic E-state index is 3.46. The summed E-state index contributed by atoms with van der Waals surface area (Å²) >= 11 is 1.40. The van der Waals surface area contributed by atoms with E-state index >= 15 is 0 Å². The second-order valence-corrected chi connectivity index (χ2v) is 1.37. The van der Waals surface area contributed by atoms with Crippen LogP contribution in [0.4, 0.5) is 0 Å². The van der Waals surface area contributed by atoms with Crippen LogP contribution in [0.25, 0.3) is 0 Å². The minimum Gasteiger partial charge on any atom is -0.204 e. The summed E-state index contributed by atoms with van der Waals surface area (Å²) in [5.74, 6) is 0. The second-order valence-electron chi connectivity index (χ2n) is 0.274. The van der Waals surface area contributed by atoms with E-state index in [0.29, 0.717) is 0 Å². The van der Waals surface area contributed by atoms with Gasteiger partial charge in [0.1, 0.15) is 0 Å². The van der Waals surface area contributed by atoms with Crippen LogP contribution in [-0.4, -0.2) is 6.26 Å². The van der Waals surface area contributed by atoms with Crippen molar-refractivity contribution in [2.75, 3.05) is 6.26 Å². The Labute approximate surface area is 32.2 Å². The SMILES string of the molecule is CSN=P. The summed E-state index contributed by atoms with van der Waals surface area (Å²) in [7, 11) is 2.88. The average molecular weight is 93.1 g/mol. The molecule has 3 heteroatoms. The molecule has 0 rings (SSSR count). The first-order chi connectivity index (χ1) is 1.91.